The van der Waals surface area contributed by atoms with Gasteiger partial charge in [-0.05, 0) is 83.2 Å². The molecule has 0 radical (unpaired) electrons. The first kappa shape index (κ1) is 17.8. The predicted molar refractivity (Wildman–Crippen MR) is 105 cm³/mol. The third kappa shape index (κ3) is 3.11. The molecule has 2 atom stereocenters. The molecule has 26 heavy (non-hydrogen) atoms. The zero-order chi connectivity index (χ0) is 18.5. The fraction of sp³-hybridized carbons (Fsp3) is 0.632. The van der Waals surface area contributed by atoms with Gasteiger partial charge in [-0.25, -0.2) is 13.4 Å². The second-order valence-electron chi connectivity index (χ2n) is 8.61. The first-order valence-corrected chi connectivity index (χ1v) is 11.0. The van der Waals surface area contributed by atoms with Crippen LogP contribution in [0.4, 0.5) is 5.82 Å². The Morgan fingerprint density at radius 1 is 1.23 bits per heavy atom. The number of nitrogens with one attached hydrogen (secondary N) is 2. The summed E-state index contributed by atoms with van der Waals surface area (Å²) in [5, 5.41) is 0. The summed E-state index contributed by atoms with van der Waals surface area (Å²) in [5.41, 5.74) is 3.09. The largest absolute Gasteiger partial charge is 0.360 e. The molecule has 7 heteroatoms. The van der Waals surface area contributed by atoms with E-state index in [1.807, 2.05) is 6.07 Å². The van der Waals surface area contributed by atoms with E-state index in [1.54, 1.807) is 26.8 Å². The zero-order valence-corrected chi connectivity index (χ0v) is 16.6. The van der Waals surface area contributed by atoms with Gasteiger partial charge >= 0.3 is 0 Å². The molecule has 0 bridgehead atoms. The van der Waals surface area contributed by atoms with Gasteiger partial charge in [-0.1, -0.05) is 0 Å². The molecule has 2 saturated heterocycles. The molecule has 0 saturated carbocycles. The summed E-state index contributed by atoms with van der Waals surface area (Å²) in [6.45, 7) is 7.45. The van der Waals surface area contributed by atoms with Crippen LogP contribution in [0.5, 0.6) is 0 Å². The van der Waals surface area contributed by atoms with Gasteiger partial charge in [0, 0.05) is 12.2 Å². The van der Waals surface area contributed by atoms with Crippen LogP contribution in [0.25, 0.3) is 11.0 Å². The topological polar surface area (TPSA) is 78.1 Å². The van der Waals surface area contributed by atoms with E-state index in [-0.39, 0.29) is 0 Å². The minimum atomic E-state index is -3.48. The van der Waals surface area contributed by atoms with Crippen LogP contribution < -0.4 is 4.72 Å². The zero-order valence-electron chi connectivity index (χ0n) is 15.7. The Morgan fingerprint density at radius 2 is 2.04 bits per heavy atom. The van der Waals surface area contributed by atoms with Crippen LogP contribution in [-0.4, -0.2) is 47.2 Å². The summed E-state index contributed by atoms with van der Waals surface area (Å²) in [6, 6.07) is 4.34. The SMILES string of the molecule is CC(C)(C)S(=O)(=O)Nc1ccc2[nH]cc(C3CCN4CCCC4C3)c2n1. The highest BCUT2D eigenvalue weighted by Gasteiger charge is 2.33. The van der Waals surface area contributed by atoms with E-state index in [9.17, 15) is 8.42 Å². The lowest BCUT2D eigenvalue weighted by molar-refractivity contribution is 0.181. The van der Waals surface area contributed by atoms with Crippen LogP contribution in [0.15, 0.2) is 18.3 Å². The summed E-state index contributed by atoms with van der Waals surface area (Å²) in [5.74, 6) is 0.886. The van der Waals surface area contributed by atoms with Crippen LogP contribution in [0.1, 0.15) is 57.9 Å². The number of rotatable bonds is 3. The molecule has 0 aliphatic carbocycles. The summed E-state index contributed by atoms with van der Waals surface area (Å²) in [7, 11) is -3.48. The Bertz CT molecular complexity index is 913. The summed E-state index contributed by atoms with van der Waals surface area (Å²) in [6.07, 6.45) is 6.98. The number of aromatic nitrogens is 2. The first-order chi connectivity index (χ1) is 12.2. The lowest BCUT2D eigenvalue weighted by atomic mass is 9.86. The number of pyridine rings is 1. The Labute approximate surface area is 155 Å². The quantitative estimate of drug-likeness (QED) is 0.860. The van der Waals surface area contributed by atoms with Crippen molar-refractivity contribution in [3.63, 3.8) is 0 Å². The molecule has 2 aromatic heterocycles. The number of anilines is 1. The van der Waals surface area contributed by atoms with Gasteiger partial charge in [0.25, 0.3) is 0 Å². The molecule has 0 aromatic carbocycles. The normalized spacial score (nSPS) is 24.7. The number of hydrogen-bond acceptors (Lipinski definition) is 4. The van der Waals surface area contributed by atoms with Gasteiger partial charge in [-0.2, -0.15) is 0 Å². The average molecular weight is 377 g/mol. The molecular weight excluding hydrogens is 348 g/mol. The molecule has 6 nitrogen and oxygen atoms in total. The van der Waals surface area contributed by atoms with Crippen molar-refractivity contribution < 1.29 is 8.42 Å². The van der Waals surface area contributed by atoms with Gasteiger partial charge in [0.1, 0.15) is 5.82 Å². The van der Waals surface area contributed by atoms with Crippen LogP contribution in [-0.2, 0) is 10.0 Å². The van der Waals surface area contributed by atoms with Gasteiger partial charge < -0.3 is 9.88 Å². The van der Waals surface area contributed by atoms with Crippen molar-refractivity contribution >= 4 is 26.9 Å². The molecule has 0 spiro atoms. The third-order valence-corrected chi connectivity index (χ3v) is 7.95. The number of hydrogen-bond donors (Lipinski definition) is 2. The summed E-state index contributed by atoms with van der Waals surface area (Å²) in [4.78, 5) is 10.6. The summed E-state index contributed by atoms with van der Waals surface area (Å²) >= 11 is 0. The number of aromatic amines is 1. The van der Waals surface area contributed by atoms with E-state index < -0.39 is 14.8 Å². The standard InChI is InChI=1S/C19H28N4O2S/c1-19(2,3)26(24,25)22-17-7-6-16-18(21-17)15(12-20-16)13-8-10-23-9-4-5-14(23)11-13/h6-7,12-14,20H,4-5,8-11H2,1-3H3,(H,21,22). The van der Waals surface area contributed by atoms with Gasteiger partial charge in [-0.3, -0.25) is 4.72 Å². The second-order valence-corrected chi connectivity index (χ2v) is 11.0. The maximum absolute atomic E-state index is 12.4. The summed E-state index contributed by atoms with van der Waals surface area (Å²) < 4.78 is 26.7. The molecule has 2 N–H and O–H groups in total. The van der Waals surface area contributed by atoms with Crippen molar-refractivity contribution in [3.8, 4) is 0 Å². The minimum absolute atomic E-state index is 0.395. The maximum Gasteiger partial charge on any atom is 0.238 e. The monoisotopic (exact) mass is 376 g/mol. The Hall–Kier alpha value is -1.60. The van der Waals surface area contributed by atoms with Crippen molar-refractivity contribution in [3.05, 3.63) is 23.9 Å². The van der Waals surface area contributed by atoms with Crippen molar-refractivity contribution in [2.24, 2.45) is 0 Å². The minimum Gasteiger partial charge on any atom is -0.360 e. The van der Waals surface area contributed by atoms with E-state index >= 15 is 0 Å². The second kappa shape index (κ2) is 6.23. The Morgan fingerprint density at radius 3 is 2.81 bits per heavy atom. The maximum atomic E-state index is 12.4. The Balaban J connectivity index is 1.63. The fourth-order valence-electron chi connectivity index (χ4n) is 4.19. The average Bonchev–Trinajstić information content (AvgIpc) is 3.18. The van der Waals surface area contributed by atoms with Crippen LogP contribution >= 0.6 is 0 Å². The smallest absolute Gasteiger partial charge is 0.238 e. The molecular formula is C19H28N4O2S. The molecule has 142 valence electrons. The number of fused-ring (bicyclic) bond motifs is 2. The fourth-order valence-corrected chi connectivity index (χ4v) is 4.88. The van der Waals surface area contributed by atoms with Gasteiger partial charge in [0.15, 0.2) is 0 Å². The van der Waals surface area contributed by atoms with Crippen molar-refractivity contribution in [2.75, 3.05) is 17.8 Å². The first-order valence-electron chi connectivity index (χ1n) is 9.49. The van der Waals surface area contributed by atoms with E-state index in [4.69, 9.17) is 0 Å². The van der Waals surface area contributed by atoms with Crippen molar-refractivity contribution in [2.45, 2.75) is 63.2 Å². The predicted octanol–water partition coefficient (Wildman–Crippen LogP) is 3.44. The number of H-pyrrole nitrogens is 1. The molecule has 2 aliphatic rings. The lowest BCUT2D eigenvalue weighted by Crippen LogP contribution is -2.37. The molecule has 0 amide bonds. The third-order valence-electron chi connectivity index (χ3n) is 5.86. The number of sulfonamides is 1. The van der Waals surface area contributed by atoms with E-state index in [1.165, 1.54) is 31.4 Å². The molecule has 2 fully saturated rings. The molecule has 2 aliphatic heterocycles. The highest BCUT2D eigenvalue weighted by Crippen LogP contribution is 2.38. The van der Waals surface area contributed by atoms with E-state index in [0.29, 0.717) is 17.8 Å². The van der Waals surface area contributed by atoms with Crippen LogP contribution in [0.3, 0.4) is 0 Å². The molecule has 2 aromatic rings. The number of nitrogens with zero attached hydrogens (tertiary/aromatic N) is 2. The van der Waals surface area contributed by atoms with Gasteiger partial charge in [0.2, 0.25) is 10.0 Å². The molecule has 4 heterocycles. The van der Waals surface area contributed by atoms with Crippen LogP contribution in [0.2, 0.25) is 0 Å². The number of piperidine rings is 1. The van der Waals surface area contributed by atoms with Gasteiger partial charge in [0.05, 0.1) is 15.8 Å². The van der Waals surface area contributed by atoms with Gasteiger partial charge in [-0.15, -0.1) is 0 Å². The molecule has 4 rings (SSSR count). The van der Waals surface area contributed by atoms with Crippen LogP contribution in [0, 0.1) is 0 Å². The van der Waals surface area contributed by atoms with E-state index in [0.717, 1.165) is 24.0 Å². The highest BCUT2D eigenvalue weighted by atomic mass is 32.2. The van der Waals surface area contributed by atoms with E-state index in [2.05, 4.69) is 25.8 Å². The molecule has 2 unspecified atom stereocenters. The Kier molecular flexibility index (Phi) is 4.27. The van der Waals surface area contributed by atoms with Crippen molar-refractivity contribution in [1.29, 1.82) is 0 Å². The van der Waals surface area contributed by atoms with Crippen molar-refractivity contribution in [1.82, 2.24) is 14.9 Å². The lowest BCUT2D eigenvalue weighted by Gasteiger charge is -2.34. The highest BCUT2D eigenvalue weighted by molar-refractivity contribution is 7.94.